The van der Waals surface area contributed by atoms with Gasteiger partial charge in [-0.25, -0.2) is 0 Å². The summed E-state index contributed by atoms with van der Waals surface area (Å²) in [7, 11) is 2.01. The highest BCUT2D eigenvalue weighted by Crippen LogP contribution is 2.18. The molecule has 0 aliphatic carbocycles. The van der Waals surface area contributed by atoms with E-state index in [0.29, 0.717) is 17.3 Å². The van der Waals surface area contributed by atoms with Gasteiger partial charge in [0.2, 0.25) is 11.7 Å². The van der Waals surface area contributed by atoms with E-state index in [2.05, 4.69) is 27.3 Å². The first kappa shape index (κ1) is 16.2. The van der Waals surface area contributed by atoms with Crippen LogP contribution in [0.3, 0.4) is 0 Å². The van der Waals surface area contributed by atoms with Crippen molar-refractivity contribution in [3.8, 4) is 11.4 Å². The van der Waals surface area contributed by atoms with E-state index < -0.39 is 0 Å². The summed E-state index contributed by atoms with van der Waals surface area (Å²) in [6, 6.07) is 9.40. The van der Waals surface area contributed by atoms with E-state index in [1.54, 1.807) is 23.5 Å². The van der Waals surface area contributed by atoms with Gasteiger partial charge in [-0.05, 0) is 42.6 Å². The molecular weight excluding hydrogens is 324 g/mol. The molecule has 0 bridgehead atoms. The Hall–Kier alpha value is -2.67. The van der Waals surface area contributed by atoms with Crippen molar-refractivity contribution in [1.82, 2.24) is 15.5 Å². The number of anilines is 1. The standard InChI is InChI=1S/C17H18N4O2S/c1-3-21(2)14-6-4-12(5-7-14)17(22)18-10-15-19-16(20-23-15)13-8-9-24-11-13/h4-9,11H,3,10H2,1-2H3,(H,18,22). The molecular formula is C17H18N4O2S. The summed E-state index contributed by atoms with van der Waals surface area (Å²) < 4.78 is 5.16. The van der Waals surface area contributed by atoms with Gasteiger partial charge in [0.05, 0.1) is 6.54 Å². The zero-order valence-corrected chi connectivity index (χ0v) is 14.3. The van der Waals surface area contributed by atoms with Crippen LogP contribution in [0, 0.1) is 0 Å². The molecule has 0 saturated carbocycles. The molecule has 1 N–H and O–H groups in total. The SMILES string of the molecule is CCN(C)c1ccc(C(=O)NCc2nc(-c3ccsc3)no2)cc1. The molecule has 0 spiro atoms. The molecule has 0 radical (unpaired) electrons. The zero-order valence-electron chi connectivity index (χ0n) is 13.5. The predicted octanol–water partition coefficient (Wildman–Crippen LogP) is 3.18. The van der Waals surface area contributed by atoms with Crippen LogP contribution < -0.4 is 10.2 Å². The first-order chi connectivity index (χ1) is 11.7. The second kappa shape index (κ2) is 7.27. The van der Waals surface area contributed by atoms with Crippen molar-refractivity contribution in [2.75, 3.05) is 18.5 Å². The summed E-state index contributed by atoms with van der Waals surface area (Å²) >= 11 is 1.57. The summed E-state index contributed by atoms with van der Waals surface area (Å²) in [5, 5.41) is 10.6. The van der Waals surface area contributed by atoms with Crippen LogP contribution in [-0.4, -0.2) is 29.6 Å². The van der Waals surface area contributed by atoms with Crippen LogP contribution in [0.15, 0.2) is 45.6 Å². The number of aromatic nitrogens is 2. The maximum atomic E-state index is 12.2. The molecule has 1 amide bonds. The van der Waals surface area contributed by atoms with E-state index in [-0.39, 0.29) is 12.5 Å². The molecule has 0 fully saturated rings. The van der Waals surface area contributed by atoms with Gasteiger partial charge < -0.3 is 14.7 Å². The number of hydrogen-bond acceptors (Lipinski definition) is 6. The average Bonchev–Trinajstić information content (AvgIpc) is 3.30. The molecule has 1 aromatic carbocycles. The van der Waals surface area contributed by atoms with E-state index in [9.17, 15) is 4.79 Å². The quantitative estimate of drug-likeness (QED) is 0.745. The molecule has 0 aliphatic heterocycles. The van der Waals surface area contributed by atoms with Crippen molar-refractivity contribution >= 4 is 22.9 Å². The van der Waals surface area contributed by atoms with Gasteiger partial charge in [0.25, 0.3) is 5.91 Å². The van der Waals surface area contributed by atoms with Crippen molar-refractivity contribution in [3.05, 3.63) is 52.5 Å². The van der Waals surface area contributed by atoms with Gasteiger partial charge in [-0.3, -0.25) is 4.79 Å². The maximum Gasteiger partial charge on any atom is 0.251 e. The molecule has 24 heavy (non-hydrogen) atoms. The van der Waals surface area contributed by atoms with Gasteiger partial charge in [-0.1, -0.05) is 5.16 Å². The Balaban J connectivity index is 1.59. The minimum absolute atomic E-state index is 0.170. The lowest BCUT2D eigenvalue weighted by atomic mass is 10.2. The van der Waals surface area contributed by atoms with E-state index >= 15 is 0 Å². The fraction of sp³-hybridized carbons (Fsp3) is 0.235. The minimum Gasteiger partial charge on any atom is -0.375 e. The summed E-state index contributed by atoms with van der Waals surface area (Å²) in [5.41, 5.74) is 2.59. The Kier molecular flexibility index (Phi) is 4.90. The molecule has 0 saturated heterocycles. The van der Waals surface area contributed by atoms with Gasteiger partial charge in [-0.2, -0.15) is 16.3 Å². The predicted molar refractivity (Wildman–Crippen MR) is 94.2 cm³/mol. The van der Waals surface area contributed by atoms with Gasteiger partial charge in [-0.15, -0.1) is 0 Å². The number of thiophene rings is 1. The van der Waals surface area contributed by atoms with Gasteiger partial charge in [0.1, 0.15) is 0 Å². The van der Waals surface area contributed by atoms with Crippen LogP contribution in [0.5, 0.6) is 0 Å². The van der Waals surface area contributed by atoms with Crippen LogP contribution in [0.2, 0.25) is 0 Å². The molecule has 2 aromatic heterocycles. The maximum absolute atomic E-state index is 12.2. The van der Waals surface area contributed by atoms with Crippen LogP contribution in [0.1, 0.15) is 23.2 Å². The smallest absolute Gasteiger partial charge is 0.251 e. The molecule has 0 unspecified atom stereocenters. The van der Waals surface area contributed by atoms with E-state index in [0.717, 1.165) is 17.8 Å². The molecule has 2 heterocycles. The van der Waals surface area contributed by atoms with Gasteiger partial charge in [0.15, 0.2) is 0 Å². The van der Waals surface area contributed by atoms with Crippen LogP contribution >= 0.6 is 11.3 Å². The first-order valence-corrected chi connectivity index (χ1v) is 8.56. The van der Waals surface area contributed by atoms with Crippen LogP contribution in [0.25, 0.3) is 11.4 Å². The topological polar surface area (TPSA) is 71.3 Å². The Morgan fingerprint density at radius 2 is 2.08 bits per heavy atom. The molecule has 0 aliphatic rings. The Morgan fingerprint density at radius 3 is 2.75 bits per heavy atom. The second-order valence-electron chi connectivity index (χ2n) is 5.27. The molecule has 124 valence electrons. The van der Waals surface area contributed by atoms with E-state index in [1.807, 2.05) is 36.0 Å². The molecule has 0 atom stereocenters. The van der Waals surface area contributed by atoms with E-state index in [1.165, 1.54) is 0 Å². The van der Waals surface area contributed by atoms with Crippen molar-refractivity contribution in [3.63, 3.8) is 0 Å². The lowest BCUT2D eigenvalue weighted by Crippen LogP contribution is -2.23. The molecule has 3 aromatic rings. The van der Waals surface area contributed by atoms with Gasteiger partial charge in [0, 0.05) is 35.8 Å². The number of rotatable bonds is 6. The zero-order chi connectivity index (χ0) is 16.9. The monoisotopic (exact) mass is 342 g/mol. The fourth-order valence-electron chi connectivity index (χ4n) is 2.14. The number of carbonyl (C=O) groups is 1. The fourth-order valence-corrected chi connectivity index (χ4v) is 2.78. The lowest BCUT2D eigenvalue weighted by molar-refractivity contribution is 0.0946. The highest BCUT2D eigenvalue weighted by atomic mass is 32.1. The third-order valence-corrected chi connectivity index (χ3v) is 4.38. The Bertz CT molecular complexity index is 796. The number of hydrogen-bond donors (Lipinski definition) is 1. The number of amides is 1. The number of nitrogens with zero attached hydrogens (tertiary/aromatic N) is 3. The third kappa shape index (κ3) is 3.62. The molecule has 7 heteroatoms. The molecule has 6 nitrogen and oxygen atoms in total. The van der Waals surface area contributed by atoms with Crippen molar-refractivity contribution in [2.24, 2.45) is 0 Å². The normalized spacial score (nSPS) is 10.6. The Morgan fingerprint density at radius 1 is 1.29 bits per heavy atom. The summed E-state index contributed by atoms with van der Waals surface area (Å²) in [6.45, 7) is 3.19. The van der Waals surface area contributed by atoms with Crippen LogP contribution in [0.4, 0.5) is 5.69 Å². The largest absolute Gasteiger partial charge is 0.375 e. The highest BCUT2D eigenvalue weighted by Gasteiger charge is 2.11. The van der Waals surface area contributed by atoms with Gasteiger partial charge >= 0.3 is 0 Å². The lowest BCUT2D eigenvalue weighted by Gasteiger charge is -2.16. The summed E-state index contributed by atoms with van der Waals surface area (Å²) in [6.07, 6.45) is 0. The summed E-state index contributed by atoms with van der Waals surface area (Å²) in [4.78, 5) is 18.6. The number of carbonyl (C=O) groups excluding carboxylic acids is 1. The van der Waals surface area contributed by atoms with Crippen molar-refractivity contribution in [2.45, 2.75) is 13.5 Å². The minimum atomic E-state index is -0.170. The van der Waals surface area contributed by atoms with E-state index in [4.69, 9.17) is 4.52 Å². The first-order valence-electron chi connectivity index (χ1n) is 7.62. The Labute approximate surface area is 144 Å². The highest BCUT2D eigenvalue weighted by molar-refractivity contribution is 7.08. The van der Waals surface area contributed by atoms with Crippen molar-refractivity contribution in [1.29, 1.82) is 0 Å². The summed E-state index contributed by atoms with van der Waals surface area (Å²) in [5.74, 6) is 0.746. The third-order valence-electron chi connectivity index (χ3n) is 3.69. The number of benzene rings is 1. The van der Waals surface area contributed by atoms with Crippen molar-refractivity contribution < 1.29 is 9.32 Å². The number of nitrogens with one attached hydrogen (secondary N) is 1. The molecule has 3 rings (SSSR count). The second-order valence-corrected chi connectivity index (χ2v) is 6.05. The van der Waals surface area contributed by atoms with Crippen LogP contribution in [-0.2, 0) is 6.54 Å². The average molecular weight is 342 g/mol.